The highest BCUT2D eigenvalue weighted by molar-refractivity contribution is 7.08. The molecule has 0 saturated carbocycles. The van der Waals surface area contributed by atoms with Crippen LogP contribution in [0.25, 0.3) is 0 Å². The third-order valence-corrected chi connectivity index (χ3v) is 3.20. The first kappa shape index (κ1) is 13.7. The Hall–Kier alpha value is -1.41. The monoisotopic (exact) mass is 251 g/mol. The Morgan fingerprint density at radius 1 is 1.59 bits per heavy atom. The highest BCUT2D eigenvalue weighted by atomic mass is 32.1. The predicted octanol–water partition coefficient (Wildman–Crippen LogP) is 2.19. The molecule has 0 radical (unpaired) electrons. The van der Waals surface area contributed by atoms with Crippen molar-refractivity contribution < 1.29 is 4.79 Å². The summed E-state index contributed by atoms with van der Waals surface area (Å²) >= 11 is 1.13. The van der Waals surface area contributed by atoms with Crippen LogP contribution in [0, 0.1) is 12.3 Å². The first-order valence-corrected chi connectivity index (χ1v) is 6.44. The van der Waals surface area contributed by atoms with E-state index in [4.69, 9.17) is 6.42 Å². The summed E-state index contributed by atoms with van der Waals surface area (Å²) in [5, 5.41) is 6.90. The molecule has 1 rings (SSSR count). The first-order chi connectivity index (χ1) is 8.10. The van der Waals surface area contributed by atoms with Gasteiger partial charge in [-0.2, -0.15) is 0 Å². The van der Waals surface area contributed by atoms with E-state index in [0.29, 0.717) is 11.3 Å². The van der Waals surface area contributed by atoms with Crippen LogP contribution in [0.5, 0.6) is 0 Å². The van der Waals surface area contributed by atoms with E-state index in [1.54, 1.807) is 0 Å². The third-order valence-electron chi connectivity index (χ3n) is 2.46. The van der Waals surface area contributed by atoms with Gasteiger partial charge in [0.25, 0.3) is 5.91 Å². The Labute approximate surface area is 106 Å². The van der Waals surface area contributed by atoms with Crippen molar-refractivity contribution in [3.8, 4) is 12.3 Å². The first-order valence-electron chi connectivity index (χ1n) is 5.66. The SMILES string of the molecule is C#CCC(CC)NC(=O)c1snnc1C(C)C. The molecule has 0 saturated heterocycles. The molecule has 4 nitrogen and oxygen atoms in total. The Bertz CT molecular complexity index is 420. The van der Waals surface area contributed by atoms with Gasteiger partial charge in [0.05, 0.1) is 5.69 Å². The number of rotatable bonds is 5. The average molecular weight is 251 g/mol. The van der Waals surface area contributed by atoms with Crippen molar-refractivity contribution in [3.63, 3.8) is 0 Å². The topological polar surface area (TPSA) is 54.9 Å². The normalized spacial score (nSPS) is 12.2. The van der Waals surface area contributed by atoms with Crippen LogP contribution in [0.3, 0.4) is 0 Å². The highest BCUT2D eigenvalue weighted by Gasteiger charge is 2.20. The smallest absolute Gasteiger partial charge is 0.265 e. The van der Waals surface area contributed by atoms with E-state index < -0.39 is 0 Å². The minimum absolute atomic E-state index is 0.0228. The van der Waals surface area contributed by atoms with Crippen molar-refractivity contribution in [3.05, 3.63) is 10.6 Å². The number of carbonyl (C=O) groups is 1. The molecule has 1 aromatic heterocycles. The molecule has 1 atom stereocenters. The maximum Gasteiger partial charge on any atom is 0.265 e. The number of amides is 1. The number of carbonyl (C=O) groups excluding carboxylic acids is 1. The minimum atomic E-state index is -0.120. The lowest BCUT2D eigenvalue weighted by atomic mass is 10.1. The Morgan fingerprint density at radius 3 is 2.82 bits per heavy atom. The molecule has 92 valence electrons. The van der Waals surface area contributed by atoms with E-state index in [1.165, 1.54) is 0 Å². The van der Waals surface area contributed by atoms with Gasteiger partial charge in [0.1, 0.15) is 4.88 Å². The number of nitrogens with one attached hydrogen (secondary N) is 1. The van der Waals surface area contributed by atoms with Gasteiger partial charge in [-0.25, -0.2) is 0 Å². The molecular formula is C12H17N3OS. The Morgan fingerprint density at radius 2 is 2.29 bits per heavy atom. The van der Waals surface area contributed by atoms with Crippen molar-refractivity contribution in [2.75, 3.05) is 0 Å². The molecule has 17 heavy (non-hydrogen) atoms. The van der Waals surface area contributed by atoms with Crippen molar-refractivity contribution in [2.24, 2.45) is 0 Å². The van der Waals surface area contributed by atoms with Gasteiger partial charge in [0, 0.05) is 12.5 Å². The van der Waals surface area contributed by atoms with Crippen LogP contribution in [0.1, 0.15) is 54.9 Å². The molecular weight excluding hydrogens is 234 g/mol. The van der Waals surface area contributed by atoms with Crippen LogP contribution in [0.15, 0.2) is 0 Å². The fraction of sp³-hybridized carbons (Fsp3) is 0.583. The third kappa shape index (κ3) is 3.53. The molecule has 0 aliphatic carbocycles. The number of nitrogens with zero attached hydrogens (tertiary/aromatic N) is 2. The van der Waals surface area contributed by atoms with E-state index in [9.17, 15) is 4.79 Å². The van der Waals surface area contributed by atoms with Gasteiger partial charge in [-0.1, -0.05) is 25.3 Å². The van der Waals surface area contributed by atoms with E-state index in [-0.39, 0.29) is 17.9 Å². The maximum atomic E-state index is 12.0. The summed E-state index contributed by atoms with van der Waals surface area (Å²) in [6.07, 6.45) is 6.62. The Balaban J connectivity index is 2.76. The van der Waals surface area contributed by atoms with Gasteiger partial charge < -0.3 is 5.32 Å². The second kappa shape index (κ2) is 6.36. The summed E-state index contributed by atoms with van der Waals surface area (Å²) < 4.78 is 3.83. The van der Waals surface area contributed by atoms with Crippen LogP contribution in [-0.2, 0) is 0 Å². The standard InChI is InChI=1S/C12H17N3OS/c1-5-7-9(6-2)13-12(16)11-10(8(3)4)14-15-17-11/h1,8-9H,6-7H2,2-4H3,(H,13,16). The molecule has 5 heteroatoms. The van der Waals surface area contributed by atoms with E-state index in [0.717, 1.165) is 23.6 Å². The molecule has 0 spiro atoms. The van der Waals surface area contributed by atoms with Crippen LogP contribution in [0.4, 0.5) is 0 Å². The van der Waals surface area contributed by atoms with Gasteiger partial charge in [0.15, 0.2) is 0 Å². The molecule has 1 amide bonds. The number of hydrogen-bond acceptors (Lipinski definition) is 4. The number of aromatic nitrogens is 2. The maximum absolute atomic E-state index is 12.0. The van der Waals surface area contributed by atoms with E-state index in [2.05, 4.69) is 20.8 Å². The van der Waals surface area contributed by atoms with Crippen LogP contribution in [0.2, 0.25) is 0 Å². The zero-order valence-corrected chi connectivity index (χ0v) is 11.2. The lowest BCUT2D eigenvalue weighted by Gasteiger charge is -2.13. The summed E-state index contributed by atoms with van der Waals surface area (Å²) in [6, 6.07) is 0.0228. The molecule has 0 bridgehead atoms. The van der Waals surface area contributed by atoms with Crippen molar-refractivity contribution in [1.82, 2.24) is 14.9 Å². The molecule has 1 unspecified atom stereocenters. The van der Waals surface area contributed by atoms with E-state index in [1.807, 2.05) is 20.8 Å². The minimum Gasteiger partial charge on any atom is -0.348 e. The van der Waals surface area contributed by atoms with Crippen molar-refractivity contribution >= 4 is 17.4 Å². The number of hydrogen-bond donors (Lipinski definition) is 1. The lowest BCUT2D eigenvalue weighted by molar-refractivity contribution is 0.0939. The molecule has 1 heterocycles. The predicted molar refractivity (Wildman–Crippen MR) is 69.0 cm³/mol. The summed E-state index contributed by atoms with van der Waals surface area (Å²) in [5.74, 6) is 2.64. The largest absolute Gasteiger partial charge is 0.348 e. The molecule has 0 aliphatic heterocycles. The van der Waals surface area contributed by atoms with Crippen LogP contribution >= 0.6 is 11.5 Å². The number of terminal acetylenes is 1. The van der Waals surface area contributed by atoms with E-state index >= 15 is 0 Å². The molecule has 0 fully saturated rings. The van der Waals surface area contributed by atoms with Gasteiger partial charge in [-0.05, 0) is 23.9 Å². The van der Waals surface area contributed by atoms with Crippen molar-refractivity contribution in [1.29, 1.82) is 0 Å². The molecule has 0 aliphatic rings. The fourth-order valence-corrected chi connectivity index (χ4v) is 2.15. The summed E-state index contributed by atoms with van der Waals surface area (Å²) in [7, 11) is 0. The van der Waals surface area contributed by atoms with Crippen LogP contribution in [-0.4, -0.2) is 21.5 Å². The van der Waals surface area contributed by atoms with Gasteiger partial charge in [-0.3, -0.25) is 4.79 Å². The quantitative estimate of drug-likeness (QED) is 0.816. The van der Waals surface area contributed by atoms with Gasteiger partial charge in [0.2, 0.25) is 0 Å². The zero-order valence-electron chi connectivity index (χ0n) is 10.4. The second-order valence-corrected chi connectivity index (χ2v) is 4.88. The highest BCUT2D eigenvalue weighted by Crippen LogP contribution is 2.19. The van der Waals surface area contributed by atoms with Crippen molar-refractivity contribution in [2.45, 2.75) is 45.6 Å². The molecule has 1 N–H and O–H groups in total. The summed E-state index contributed by atoms with van der Waals surface area (Å²) in [4.78, 5) is 12.6. The molecule has 1 aromatic rings. The average Bonchev–Trinajstić information content (AvgIpc) is 2.77. The fourth-order valence-electron chi connectivity index (χ4n) is 1.42. The molecule has 0 aromatic carbocycles. The van der Waals surface area contributed by atoms with Crippen LogP contribution < -0.4 is 5.32 Å². The van der Waals surface area contributed by atoms with Gasteiger partial charge in [-0.15, -0.1) is 17.4 Å². The summed E-state index contributed by atoms with van der Waals surface area (Å²) in [5.41, 5.74) is 0.753. The lowest BCUT2D eigenvalue weighted by Crippen LogP contribution is -2.34. The second-order valence-electron chi connectivity index (χ2n) is 4.13. The Kier molecular flexibility index (Phi) is 5.11. The summed E-state index contributed by atoms with van der Waals surface area (Å²) in [6.45, 7) is 5.98. The van der Waals surface area contributed by atoms with Gasteiger partial charge >= 0.3 is 0 Å². The zero-order chi connectivity index (χ0) is 12.8.